The van der Waals surface area contributed by atoms with E-state index in [-0.39, 0.29) is 18.8 Å². The predicted octanol–water partition coefficient (Wildman–Crippen LogP) is 3.43. The average Bonchev–Trinajstić information content (AvgIpc) is 2.70. The number of alkyl halides is 2. The first kappa shape index (κ1) is 21.7. The van der Waals surface area contributed by atoms with Crippen molar-refractivity contribution in [3.63, 3.8) is 0 Å². The van der Waals surface area contributed by atoms with Crippen LogP contribution >= 0.6 is 0 Å². The number of likely N-dealkylation sites (tertiary alicyclic amines) is 1. The molecule has 0 bridgehead atoms. The molecule has 1 aliphatic rings. The number of carbonyl (C=O) groups is 2. The number of aliphatic hydroxyl groups is 1. The van der Waals surface area contributed by atoms with Gasteiger partial charge in [0, 0.05) is 30.4 Å². The molecular formula is C20H17F5N2O3. The summed E-state index contributed by atoms with van der Waals surface area (Å²) in [4.78, 5) is 25.3. The molecule has 2 aromatic carbocycles. The molecule has 1 aliphatic heterocycles. The van der Waals surface area contributed by atoms with Gasteiger partial charge in [0.25, 0.3) is 11.8 Å². The molecule has 160 valence electrons. The molecule has 0 aromatic heterocycles. The Morgan fingerprint density at radius 2 is 1.73 bits per heavy atom. The first-order valence-electron chi connectivity index (χ1n) is 9.01. The highest BCUT2D eigenvalue weighted by Crippen LogP contribution is 2.34. The second kappa shape index (κ2) is 8.39. The number of nitrogens with zero attached hydrogens (tertiary/aromatic N) is 1. The number of halogens is 5. The van der Waals surface area contributed by atoms with Crippen molar-refractivity contribution in [3.05, 3.63) is 65.0 Å². The standard InChI is InChI=1S/C20H17F5N2O3/c21-15-5-3-11(18(29)26-12-4-6-16(22)17(23)9-12)8-14(15)20(24,25)19(30)27-7-1-2-13(28)10-27/h3-6,8-9,13,28H,1-2,7,10H2,(H,26,29). The van der Waals surface area contributed by atoms with Crippen molar-refractivity contribution < 1.29 is 36.6 Å². The molecular weight excluding hydrogens is 411 g/mol. The third kappa shape index (κ3) is 4.43. The number of aliphatic hydroxyl groups excluding tert-OH is 1. The third-order valence-electron chi connectivity index (χ3n) is 4.70. The molecule has 0 aliphatic carbocycles. The Kier molecular flexibility index (Phi) is 6.06. The zero-order valence-electron chi connectivity index (χ0n) is 15.5. The van der Waals surface area contributed by atoms with Crippen LogP contribution < -0.4 is 5.32 Å². The average molecular weight is 428 g/mol. The van der Waals surface area contributed by atoms with Gasteiger partial charge in [-0.2, -0.15) is 8.78 Å². The fraction of sp³-hybridized carbons (Fsp3) is 0.300. The van der Waals surface area contributed by atoms with Gasteiger partial charge >= 0.3 is 5.92 Å². The van der Waals surface area contributed by atoms with Crippen LogP contribution in [-0.4, -0.2) is 41.0 Å². The highest BCUT2D eigenvalue weighted by Gasteiger charge is 2.47. The van der Waals surface area contributed by atoms with Crippen molar-refractivity contribution in [1.29, 1.82) is 0 Å². The van der Waals surface area contributed by atoms with E-state index in [4.69, 9.17) is 0 Å². The lowest BCUT2D eigenvalue weighted by Gasteiger charge is -2.32. The van der Waals surface area contributed by atoms with Crippen molar-refractivity contribution in [3.8, 4) is 0 Å². The third-order valence-corrected chi connectivity index (χ3v) is 4.70. The van der Waals surface area contributed by atoms with E-state index in [1.165, 1.54) is 0 Å². The van der Waals surface area contributed by atoms with Gasteiger partial charge < -0.3 is 15.3 Å². The van der Waals surface area contributed by atoms with Crippen molar-refractivity contribution in [2.45, 2.75) is 24.9 Å². The summed E-state index contributed by atoms with van der Waals surface area (Å²) in [6.07, 6.45) is -0.262. The van der Waals surface area contributed by atoms with Gasteiger partial charge in [-0.1, -0.05) is 0 Å². The first-order chi connectivity index (χ1) is 14.1. The summed E-state index contributed by atoms with van der Waals surface area (Å²) in [6, 6.07) is 4.57. The Balaban J connectivity index is 1.85. The maximum absolute atomic E-state index is 14.8. The number of amides is 2. The summed E-state index contributed by atoms with van der Waals surface area (Å²) in [7, 11) is 0. The van der Waals surface area contributed by atoms with E-state index in [1.807, 2.05) is 0 Å². The summed E-state index contributed by atoms with van der Waals surface area (Å²) in [5, 5.41) is 11.8. The summed E-state index contributed by atoms with van der Waals surface area (Å²) in [5.41, 5.74) is -1.86. The molecule has 2 N–H and O–H groups in total. The number of anilines is 1. The number of carbonyl (C=O) groups excluding carboxylic acids is 2. The summed E-state index contributed by atoms with van der Waals surface area (Å²) in [6.45, 7) is -0.310. The monoisotopic (exact) mass is 428 g/mol. The topological polar surface area (TPSA) is 69.6 Å². The van der Waals surface area contributed by atoms with Crippen LogP contribution in [0.25, 0.3) is 0 Å². The van der Waals surface area contributed by atoms with Crippen molar-refractivity contribution in [2.24, 2.45) is 0 Å². The predicted molar refractivity (Wildman–Crippen MR) is 96.4 cm³/mol. The van der Waals surface area contributed by atoms with Crippen LogP contribution in [0, 0.1) is 17.5 Å². The lowest BCUT2D eigenvalue weighted by molar-refractivity contribution is -0.162. The van der Waals surface area contributed by atoms with Crippen LogP contribution in [-0.2, 0) is 10.7 Å². The molecule has 1 heterocycles. The minimum Gasteiger partial charge on any atom is -0.391 e. The van der Waals surface area contributed by atoms with Crippen LogP contribution in [0.4, 0.5) is 27.6 Å². The van der Waals surface area contributed by atoms with Gasteiger partial charge in [0.2, 0.25) is 0 Å². The molecule has 30 heavy (non-hydrogen) atoms. The van der Waals surface area contributed by atoms with Crippen LogP contribution in [0.1, 0.15) is 28.8 Å². The molecule has 1 saturated heterocycles. The van der Waals surface area contributed by atoms with Gasteiger partial charge in [0.05, 0.1) is 11.7 Å². The zero-order chi connectivity index (χ0) is 22.1. The molecule has 0 saturated carbocycles. The van der Waals surface area contributed by atoms with E-state index in [0.717, 1.165) is 23.1 Å². The largest absolute Gasteiger partial charge is 0.391 e. The Morgan fingerprint density at radius 1 is 1.03 bits per heavy atom. The number of hydrogen-bond acceptors (Lipinski definition) is 3. The van der Waals surface area contributed by atoms with Crippen LogP contribution in [0.2, 0.25) is 0 Å². The van der Waals surface area contributed by atoms with Gasteiger partial charge in [-0.05, 0) is 43.2 Å². The minimum absolute atomic E-state index is 0.0105. The maximum atomic E-state index is 14.8. The number of piperidine rings is 1. The van der Waals surface area contributed by atoms with Crippen LogP contribution in [0.15, 0.2) is 36.4 Å². The fourth-order valence-electron chi connectivity index (χ4n) is 3.14. The number of nitrogens with one attached hydrogen (secondary N) is 1. The second-order valence-electron chi connectivity index (χ2n) is 6.90. The molecule has 3 rings (SSSR count). The van der Waals surface area contributed by atoms with Crippen LogP contribution in [0.5, 0.6) is 0 Å². The van der Waals surface area contributed by atoms with E-state index in [2.05, 4.69) is 5.32 Å². The smallest absolute Gasteiger partial charge is 0.352 e. The van der Waals surface area contributed by atoms with Gasteiger partial charge in [0.15, 0.2) is 11.6 Å². The molecule has 5 nitrogen and oxygen atoms in total. The van der Waals surface area contributed by atoms with Crippen molar-refractivity contribution in [1.82, 2.24) is 4.90 Å². The maximum Gasteiger partial charge on any atom is 0.352 e. The van der Waals surface area contributed by atoms with Crippen LogP contribution in [0.3, 0.4) is 0 Å². The highest BCUT2D eigenvalue weighted by molar-refractivity contribution is 6.04. The van der Waals surface area contributed by atoms with E-state index in [9.17, 15) is 36.6 Å². The number of rotatable bonds is 4. The highest BCUT2D eigenvalue weighted by atomic mass is 19.3. The molecule has 2 amide bonds. The quantitative estimate of drug-likeness (QED) is 0.734. The summed E-state index contributed by atoms with van der Waals surface area (Å²) in [5.74, 6) is -10.7. The van der Waals surface area contributed by atoms with E-state index in [0.29, 0.717) is 31.0 Å². The van der Waals surface area contributed by atoms with E-state index >= 15 is 0 Å². The summed E-state index contributed by atoms with van der Waals surface area (Å²) < 4.78 is 69.9. The lowest BCUT2D eigenvalue weighted by Crippen LogP contribution is -2.48. The molecule has 1 fully saturated rings. The van der Waals surface area contributed by atoms with Gasteiger partial charge in [-0.25, -0.2) is 13.2 Å². The first-order valence-corrected chi connectivity index (χ1v) is 9.01. The molecule has 0 spiro atoms. The normalized spacial score (nSPS) is 17.0. The number of benzene rings is 2. The van der Waals surface area contributed by atoms with Crippen molar-refractivity contribution >= 4 is 17.5 Å². The Hall–Kier alpha value is -3.01. The molecule has 1 atom stereocenters. The molecule has 10 heteroatoms. The van der Waals surface area contributed by atoms with Gasteiger partial charge in [-0.15, -0.1) is 0 Å². The van der Waals surface area contributed by atoms with Gasteiger partial charge in [-0.3, -0.25) is 9.59 Å². The minimum atomic E-state index is -4.28. The van der Waals surface area contributed by atoms with Gasteiger partial charge in [0.1, 0.15) is 5.82 Å². The number of hydrogen-bond donors (Lipinski definition) is 2. The molecule has 1 unspecified atom stereocenters. The Bertz CT molecular complexity index is 983. The lowest BCUT2D eigenvalue weighted by atomic mass is 10.0. The summed E-state index contributed by atoms with van der Waals surface area (Å²) >= 11 is 0. The fourth-order valence-corrected chi connectivity index (χ4v) is 3.14. The van der Waals surface area contributed by atoms with Crippen molar-refractivity contribution in [2.75, 3.05) is 18.4 Å². The van der Waals surface area contributed by atoms with E-state index < -0.39 is 52.4 Å². The Morgan fingerprint density at radius 3 is 2.40 bits per heavy atom. The zero-order valence-corrected chi connectivity index (χ0v) is 15.5. The number of β-amino-alcohol motifs (C(OH)–C–C–N with tert-alkyl or cyclic N) is 1. The Labute approximate surface area is 168 Å². The molecule has 0 radical (unpaired) electrons. The van der Waals surface area contributed by atoms with E-state index in [1.54, 1.807) is 0 Å². The molecule has 2 aromatic rings. The SMILES string of the molecule is O=C(Nc1ccc(F)c(F)c1)c1ccc(F)c(C(F)(F)C(=O)N2CCCC(O)C2)c1. The second-order valence-corrected chi connectivity index (χ2v) is 6.90.